The molecule has 1 aliphatic rings. The van der Waals surface area contributed by atoms with Crippen molar-refractivity contribution in [3.63, 3.8) is 0 Å². The Bertz CT molecular complexity index is 112. The Balaban J connectivity index is 2.09. The molecule has 0 N–H and O–H groups in total. The molecule has 2 unspecified atom stereocenters. The van der Waals surface area contributed by atoms with Gasteiger partial charge in [-0.3, -0.25) is 0 Å². The number of hydrogen-bond donors (Lipinski definition) is 0. The van der Waals surface area contributed by atoms with Crippen LogP contribution in [0.15, 0.2) is 0 Å². The molecular formula is C6H9NO. The molecule has 0 bridgehead atoms. The molecule has 0 aromatic carbocycles. The molecule has 0 aliphatic carbocycles. The fourth-order valence-electron chi connectivity index (χ4n) is 0.651. The monoisotopic (exact) mass is 111 g/mol. The van der Waals surface area contributed by atoms with Gasteiger partial charge in [-0.1, -0.05) is 0 Å². The topological polar surface area (TPSA) is 36.3 Å². The van der Waals surface area contributed by atoms with Gasteiger partial charge in [0, 0.05) is 5.92 Å². The summed E-state index contributed by atoms with van der Waals surface area (Å²) in [4.78, 5) is 0. The van der Waals surface area contributed by atoms with Crippen molar-refractivity contribution in [3.8, 4) is 6.07 Å². The first-order valence-corrected chi connectivity index (χ1v) is 2.84. The minimum Gasteiger partial charge on any atom is -0.373 e. The number of nitrogens with zero attached hydrogens (tertiary/aromatic N) is 1. The van der Waals surface area contributed by atoms with Crippen LogP contribution in [-0.2, 0) is 4.74 Å². The molecule has 0 aromatic rings. The molecule has 0 spiro atoms. The highest BCUT2D eigenvalue weighted by Crippen LogP contribution is 2.18. The van der Waals surface area contributed by atoms with Gasteiger partial charge in [0.2, 0.25) is 0 Å². The lowest BCUT2D eigenvalue weighted by atomic mass is 10.1. The standard InChI is InChI=1S/C6H9NO/c1-5(3-7)2-6-4-8-6/h5-6H,2,4H2,1H3. The predicted octanol–water partition coefficient (Wildman–Crippen LogP) is 0.935. The first-order valence-electron chi connectivity index (χ1n) is 2.84. The van der Waals surface area contributed by atoms with E-state index < -0.39 is 0 Å². The first kappa shape index (κ1) is 5.58. The molecule has 0 aromatic heterocycles. The summed E-state index contributed by atoms with van der Waals surface area (Å²) in [5.74, 6) is 0.169. The summed E-state index contributed by atoms with van der Waals surface area (Å²) in [6, 6.07) is 2.16. The lowest BCUT2D eigenvalue weighted by Crippen LogP contribution is -1.94. The van der Waals surface area contributed by atoms with Crippen LogP contribution >= 0.6 is 0 Å². The van der Waals surface area contributed by atoms with Crippen molar-refractivity contribution in [3.05, 3.63) is 0 Å². The van der Waals surface area contributed by atoms with Crippen LogP contribution in [0.25, 0.3) is 0 Å². The number of nitriles is 1. The molecule has 2 heteroatoms. The second-order valence-electron chi connectivity index (χ2n) is 2.22. The zero-order valence-corrected chi connectivity index (χ0v) is 4.92. The second-order valence-corrected chi connectivity index (χ2v) is 2.22. The van der Waals surface area contributed by atoms with Gasteiger partial charge in [-0.25, -0.2) is 0 Å². The normalized spacial score (nSPS) is 28.8. The lowest BCUT2D eigenvalue weighted by Gasteiger charge is -1.93. The van der Waals surface area contributed by atoms with E-state index in [-0.39, 0.29) is 5.92 Å². The third kappa shape index (κ3) is 1.51. The van der Waals surface area contributed by atoms with E-state index in [0.717, 1.165) is 13.0 Å². The van der Waals surface area contributed by atoms with E-state index in [9.17, 15) is 0 Å². The summed E-state index contributed by atoms with van der Waals surface area (Å²) in [5.41, 5.74) is 0. The van der Waals surface area contributed by atoms with Crippen LogP contribution in [0.5, 0.6) is 0 Å². The smallest absolute Gasteiger partial charge is 0.0822 e. The van der Waals surface area contributed by atoms with Crippen molar-refractivity contribution in [2.75, 3.05) is 6.61 Å². The molecule has 1 saturated heterocycles. The van der Waals surface area contributed by atoms with Gasteiger partial charge >= 0.3 is 0 Å². The van der Waals surface area contributed by atoms with Gasteiger partial charge in [0.1, 0.15) is 0 Å². The molecule has 1 heterocycles. The molecule has 44 valence electrons. The number of ether oxygens (including phenoxy) is 1. The highest BCUT2D eigenvalue weighted by Gasteiger charge is 2.24. The average molecular weight is 111 g/mol. The van der Waals surface area contributed by atoms with E-state index in [4.69, 9.17) is 10.00 Å². The van der Waals surface area contributed by atoms with E-state index in [2.05, 4.69) is 6.07 Å². The van der Waals surface area contributed by atoms with Crippen molar-refractivity contribution in [2.45, 2.75) is 19.4 Å². The quantitative estimate of drug-likeness (QED) is 0.497. The molecule has 1 fully saturated rings. The Morgan fingerprint density at radius 1 is 2.00 bits per heavy atom. The van der Waals surface area contributed by atoms with E-state index in [0.29, 0.717) is 6.10 Å². The van der Waals surface area contributed by atoms with Crippen LogP contribution < -0.4 is 0 Å². The Morgan fingerprint density at radius 2 is 2.62 bits per heavy atom. The van der Waals surface area contributed by atoms with Crippen LogP contribution in [0, 0.1) is 17.2 Å². The lowest BCUT2D eigenvalue weighted by molar-refractivity contribution is 0.381. The second kappa shape index (κ2) is 2.15. The van der Waals surface area contributed by atoms with Crippen LogP contribution in [0.4, 0.5) is 0 Å². The zero-order valence-electron chi connectivity index (χ0n) is 4.92. The fourth-order valence-corrected chi connectivity index (χ4v) is 0.651. The van der Waals surface area contributed by atoms with Gasteiger partial charge in [-0.15, -0.1) is 0 Å². The largest absolute Gasteiger partial charge is 0.373 e. The summed E-state index contributed by atoms with van der Waals surface area (Å²) in [6.45, 7) is 2.79. The van der Waals surface area contributed by atoms with Crippen LogP contribution in [0.2, 0.25) is 0 Å². The number of epoxide rings is 1. The highest BCUT2D eigenvalue weighted by molar-refractivity contribution is 4.84. The van der Waals surface area contributed by atoms with Gasteiger partial charge in [-0.2, -0.15) is 5.26 Å². The van der Waals surface area contributed by atoms with Gasteiger partial charge in [-0.05, 0) is 13.3 Å². The van der Waals surface area contributed by atoms with E-state index in [1.165, 1.54) is 0 Å². The highest BCUT2D eigenvalue weighted by atomic mass is 16.6. The van der Waals surface area contributed by atoms with Crippen LogP contribution in [-0.4, -0.2) is 12.7 Å². The summed E-state index contributed by atoms with van der Waals surface area (Å²) in [6.07, 6.45) is 1.32. The van der Waals surface area contributed by atoms with E-state index in [1.54, 1.807) is 0 Å². The maximum atomic E-state index is 8.31. The molecule has 1 aliphatic heterocycles. The van der Waals surface area contributed by atoms with Gasteiger partial charge in [0.05, 0.1) is 18.8 Å². The van der Waals surface area contributed by atoms with Crippen LogP contribution in [0.3, 0.4) is 0 Å². The van der Waals surface area contributed by atoms with Crippen molar-refractivity contribution >= 4 is 0 Å². The average Bonchev–Trinajstić information content (AvgIpc) is 2.50. The molecule has 0 amide bonds. The minimum absolute atomic E-state index is 0.169. The minimum atomic E-state index is 0.169. The Kier molecular flexibility index (Phi) is 1.50. The maximum Gasteiger partial charge on any atom is 0.0822 e. The first-order chi connectivity index (χ1) is 3.83. The Hall–Kier alpha value is -0.550. The molecular weight excluding hydrogens is 102 g/mol. The van der Waals surface area contributed by atoms with Crippen molar-refractivity contribution in [2.24, 2.45) is 5.92 Å². The van der Waals surface area contributed by atoms with Gasteiger partial charge < -0.3 is 4.74 Å². The van der Waals surface area contributed by atoms with Crippen molar-refractivity contribution < 1.29 is 4.74 Å². The predicted molar refractivity (Wildman–Crippen MR) is 29.1 cm³/mol. The molecule has 0 saturated carbocycles. The zero-order chi connectivity index (χ0) is 5.98. The van der Waals surface area contributed by atoms with Crippen molar-refractivity contribution in [1.29, 1.82) is 5.26 Å². The van der Waals surface area contributed by atoms with E-state index >= 15 is 0 Å². The summed E-state index contributed by atoms with van der Waals surface area (Å²) in [5, 5.41) is 8.31. The van der Waals surface area contributed by atoms with Crippen LogP contribution in [0.1, 0.15) is 13.3 Å². The molecule has 1 rings (SSSR count). The molecule has 2 nitrogen and oxygen atoms in total. The van der Waals surface area contributed by atoms with Gasteiger partial charge in [0.15, 0.2) is 0 Å². The fraction of sp³-hybridized carbons (Fsp3) is 0.833. The summed E-state index contributed by atoms with van der Waals surface area (Å²) < 4.78 is 4.93. The number of rotatable bonds is 2. The third-order valence-electron chi connectivity index (χ3n) is 1.24. The van der Waals surface area contributed by atoms with Gasteiger partial charge in [0.25, 0.3) is 0 Å². The molecule has 2 atom stereocenters. The third-order valence-corrected chi connectivity index (χ3v) is 1.24. The summed E-state index contributed by atoms with van der Waals surface area (Å²) in [7, 11) is 0. The molecule has 0 radical (unpaired) electrons. The Morgan fingerprint density at radius 3 is 3.00 bits per heavy atom. The van der Waals surface area contributed by atoms with E-state index in [1.807, 2.05) is 6.92 Å². The summed E-state index contributed by atoms with van der Waals surface area (Å²) >= 11 is 0. The maximum absolute atomic E-state index is 8.31. The van der Waals surface area contributed by atoms with Crippen molar-refractivity contribution in [1.82, 2.24) is 0 Å². The number of hydrogen-bond acceptors (Lipinski definition) is 2. The Labute approximate surface area is 49.1 Å². The SMILES string of the molecule is CC(C#N)CC1CO1. The molecule has 8 heavy (non-hydrogen) atoms.